The lowest BCUT2D eigenvalue weighted by Gasteiger charge is -2.33. The van der Waals surface area contributed by atoms with Crippen LogP contribution < -0.4 is 5.32 Å². The summed E-state index contributed by atoms with van der Waals surface area (Å²) in [5, 5.41) is 6.90. The maximum Gasteiger partial charge on any atom is 0.249 e. The number of fused-ring (bicyclic) bond motifs is 1. The summed E-state index contributed by atoms with van der Waals surface area (Å²) in [7, 11) is 1.63. The number of aromatic nitrogens is 1. The molecule has 1 N–H and O–H groups in total. The van der Waals surface area contributed by atoms with Crippen molar-refractivity contribution in [3.63, 3.8) is 0 Å². The first kappa shape index (κ1) is 17.4. The molecule has 1 aromatic rings. The van der Waals surface area contributed by atoms with Crippen molar-refractivity contribution in [3.8, 4) is 0 Å². The molecule has 3 atom stereocenters. The van der Waals surface area contributed by atoms with Gasteiger partial charge >= 0.3 is 0 Å². The third-order valence-electron chi connectivity index (χ3n) is 5.10. The molecule has 2 saturated heterocycles. The van der Waals surface area contributed by atoms with E-state index in [0.717, 1.165) is 43.9 Å². The van der Waals surface area contributed by atoms with Crippen LogP contribution in [0.15, 0.2) is 4.52 Å². The highest BCUT2D eigenvalue weighted by atomic mass is 16.5. The van der Waals surface area contributed by atoms with Crippen molar-refractivity contribution in [1.82, 2.24) is 15.4 Å². The zero-order valence-corrected chi connectivity index (χ0v) is 14.7. The Hall–Kier alpha value is -1.44. The lowest BCUT2D eigenvalue weighted by atomic mass is 9.91. The van der Waals surface area contributed by atoms with Crippen LogP contribution in [0.1, 0.15) is 29.9 Å². The van der Waals surface area contributed by atoms with Crippen LogP contribution in [0.4, 0.5) is 0 Å². The van der Waals surface area contributed by atoms with E-state index in [0.29, 0.717) is 19.1 Å². The van der Waals surface area contributed by atoms with Gasteiger partial charge in [-0.2, -0.15) is 0 Å². The lowest BCUT2D eigenvalue weighted by molar-refractivity contribution is -0.133. The molecule has 2 aliphatic heterocycles. The van der Waals surface area contributed by atoms with Crippen LogP contribution in [0.3, 0.4) is 0 Å². The fourth-order valence-electron chi connectivity index (χ4n) is 3.65. The van der Waals surface area contributed by atoms with Crippen molar-refractivity contribution in [1.29, 1.82) is 0 Å². The molecule has 0 aliphatic carbocycles. The van der Waals surface area contributed by atoms with Crippen molar-refractivity contribution in [3.05, 3.63) is 17.0 Å². The predicted octanol–water partition coefficient (Wildman–Crippen LogP) is 1.03. The van der Waals surface area contributed by atoms with Gasteiger partial charge in [0, 0.05) is 32.3 Å². The smallest absolute Gasteiger partial charge is 0.249 e. The van der Waals surface area contributed by atoms with Gasteiger partial charge in [0.1, 0.15) is 11.9 Å². The van der Waals surface area contributed by atoms with Crippen LogP contribution in [0.25, 0.3) is 0 Å². The van der Waals surface area contributed by atoms with Crippen molar-refractivity contribution in [2.24, 2.45) is 5.92 Å². The molecule has 1 aromatic heterocycles. The Kier molecular flexibility index (Phi) is 5.53. The molecule has 1 amide bonds. The number of piperidine rings is 1. The predicted molar refractivity (Wildman–Crippen MR) is 87.5 cm³/mol. The van der Waals surface area contributed by atoms with Crippen LogP contribution in [0.2, 0.25) is 0 Å². The number of nitrogens with zero attached hydrogens (tertiary/aromatic N) is 2. The first-order valence-corrected chi connectivity index (χ1v) is 8.64. The van der Waals surface area contributed by atoms with Gasteiger partial charge in [-0.05, 0) is 39.2 Å². The van der Waals surface area contributed by atoms with E-state index in [4.69, 9.17) is 14.0 Å². The van der Waals surface area contributed by atoms with E-state index in [2.05, 4.69) is 15.4 Å². The van der Waals surface area contributed by atoms with E-state index in [1.54, 1.807) is 7.11 Å². The summed E-state index contributed by atoms with van der Waals surface area (Å²) in [5.41, 5.74) is 2.12. The molecule has 3 rings (SSSR count). The quantitative estimate of drug-likeness (QED) is 0.782. The van der Waals surface area contributed by atoms with Crippen LogP contribution in [0, 0.1) is 19.8 Å². The second kappa shape index (κ2) is 7.63. The zero-order valence-electron chi connectivity index (χ0n) is 14.7. The van der Waals surface area contributed by atoms with Crippen LogP contribution >= 0.6 is 0 Å². The van der Waals surface area contributed by atoms with E-state index in [1.807, 2.05) is 13.8 Å². The Morgan fingerprint density at radius 1 is 1.46 bits per heavy atom. The second-order valence-electron chi connectivity index (χ2n) is 6.77. The molecule has 0 unspecified atom stereocenters. The minimum atomic E-state index is -0.323. The van der Waals surface area contributed by atoms with Gasteiger partial charge < -0.3 is 19.3 Å². The minimum absolute atomic E-state index is 0.0151. The van der Waals surface area contributed by atoms with Gasteiger partial charge in [-0.3, -0.25) is 9.69 Å². The molecular formula is C17H27N3O4. The minimum Gasteiger partial charge on any atom is -0.383 e. The fourth-order valence-corrected chi connectivity index (χ4v) is 3.65. The summed E-state index contributed by atoms with van der Waals surface area (Å²) in [5.74, 6) is 1.35. The molecule has 0 saturated carbocycles. The molecule has 134 valence electrons. The normalized spacial score (nSPS) is 27.2. The maximum absolute atomic E-state index is 12.2. The third-order valence-corrected chi connectivity index (χ3v) is 5.10. The highest BCUT2D eigenvalue weighted by Gasteiger charge is 2.41. The summed E-state index contributed by atoms with van der Waals surface area (Å²) >= 11 is 0. The Morgan fingerprint density at radius 3 is 3.00 bits per heavy atom. The largest absolute Gasteiger partial charge is 0.383 e. The van der Waals surface area contributed by atoms with Gasteiger partial charge in [-0.1, -0.05) is 5.16 Å². The number of amides is 1. The summed E-state index contributed by atoms with van der Waals surface area (Å²) in [6.45, 7) is 7.69. The van der Waals surface area contributed by atoms with Crippen molar-refractivity contribution >= 4 is 5.91 Å². The standard InChI is InChI=1S/C17H27N3O4/c1-11-14(12(2)24-19-11)9-20-6-4-13-8-15(23-16(13)10-20)17(21)18-5-7-22-3/h13,15-16H,4-10H2,1-3H3,(H,18,21)/t13-,15+,16+/m1/s1. The first-order valence-electron chi connectivity index (χ1n) is 8.64. The van der Waals surface area contributed by atoms with Crippen molar-refractivity contribution < 1.29 is 18.8 Å². The van der Waals surface area contributed by atoms with Gasteiger partial charge in [0.15, 0.2) is 0 Å². The summed E-state index contributed by atoms with van der Waals surface area (Å²) in [6.07, 6.45) is 1.70. The SMILES string of the molecule is COCCNC(=O)[C@@H]1C[C@H]2CCN(Cc3c(C)noc3C)C[C@@H]2O1. The van der Waals surface area contributed by atoms with E-state index in [-0.39, 0.29) is 18.1 Å². The van der Waals surface area contributed by atoms with Gasteiger partial charge in [0.2, 0.25) is 5.91 Å². The van der Waals surface area contributed by atoms with E-state index < -0.39 is 0 Å². The highest BCUT2D eigenvalue weighted by Crippen LogP contribution is 2.34. The zero-order chi connectivity index (χ0) is 17.1. The lowest BCUT2D eigenvalue weighted by Crippen LogP contribution is -2.42. The van der Waals surface area contributed by atoms with Gasteiger partial charge in [0.05, 0.1) is 18.4 Å². The number of ether oxygens (including phenoxy) is 2. The van der Waals surface area contributed by atoms with E-state index >= 15 is 0 Å². The molecule has 0 aromatic carbocycles. The first-order chi connectivity index (χ1) is 11.6. The molecule has 3 heterocycles. The monoisotopic (exact) mass is 337 g/mol. The average molecular weight is 337 g/mol. The molecule has 2 fully saturated rings. The summed E-state index contributed by atoms with van der Waals surface area (Å²) in [4.78, 5) is 14.5. The molecule has 7 heteroatoms. The number of rotatable bonds is 6. The number of carbonyl (C=O) groups is 1. The van der Waals surface area contributed by atoms with E-state index in [1.165, 1.54) is 5.56 Å². The molecule has 0 spiro atoms. The number of aryl methyl sites for hydroxylation is 2. The second-order valence-corrected chi connectivity index (χ2v) is 6.77. The molecule has 0 radical (unpaired) electrons. The summed E-state index contributed by atoms with van der Waals surface area (Å²) < 4.78 is 16.2. The van der Waals surface area contributed by atoms with E-state index in [9.17, 15) is 4.79 Å². The Bertz CT molecular complexity index is 555. The van der Waals surface area contributed by atoms with Crippen molar-refractivity contribution in [2.45, 2.75) is 45.4 Å². The number of hydrogen-bond acceptors (Lipinski definition) is 6. The van der Waals surface area contributed by atoms with Crippen LogP contribution in [-0.2, 0) is 20.8 Å². The maximum atomic E-state index is 12.2. The number of carbonyl (C=O) groups excluding carboxylic acids is 1. The molecule has 24 heavy (non-hydrogen) atoms. The van der Waals surface area contributed by atoms with Crippen LogP contribution in [0.5, 0.6) is 0 Å². The number of nitrogens with one attached hydrogen (secondary N) is 1. The molecule has 7 nitrogen and oxygen atoms in total. The van der Waals surface area contributed by atoms with Crippen molar-refractivity contribution in [2.75, 3.05) is 33.4 Å². The van der Waals surface area contributed by atoms with Gasteiger partial charge in [-0.25, -0.2) is 0 Å². The number of methoxy groups -OCH3 is 1. The molecule has 2 aliphatic rings. The topological polar surface area (TPSA) is 76.8 Å². The number of likely N-dealkylation sites (tertiary alicyclic amines) is 1. The molecule has 0 bridgehead atoms. The fraction of sp³-hybridized carbons (Fsp3) is 0.765. The highest BCUT2D eigenvalue weighted by molar-refractivity contribution is 5.81. The van der Waals surface area contributed by atoms with Crippen LogP contribution in [-0.4, -0.2) is 61.5 Å². The number of hydrogen-bond donors (Lipinski definition) is 1. The summed E-state index contributed by atoms with van der Waals surface area (Å²) in [6, 6.07) is 0. The third kappa shape index (κ3) is 3.79. The average Bonchev–Trinajstić information content (AvgIpc) is 3.13. The Labute approximate surface area is 142 Å². The van der Waals surface area contributed by atoms with Gasteiger partial charge in [0.25, 0.3) is 0 Å². The molecular weight excluding hydrogens is 310 g/mol. The van der Waals surface area contributed by atoms with Gasteiger partial charge in [-0.15, -0.1) is 0 Å². The Morgan fingerprint density at radius 2 is 2.29 bits per heavy atom. The Balaban J connectivity index is 1.52.